The van der Waals surface area contributed by atoms with E-state index < -0.39 is 0 Å². The first-order chi connectivity index (χ1) is 13.1. The molecule has 4 aliphatic heterocycles. The Balaban J connectivity index is 1.46. The number of hydrogen-bond donors (Lipinski definition) is 0. The fraction of sp³-hybridized carbons (Fsp3) is 0.667. The monoisotopic (exact) mass is 371 g/mol. The number of benzene rings is 1. The maximum atomic E-state index is 12.8. The van der Waals surface area contributed by atoms with Gasteiger partial charge in [0, 0.05) is 45.8 Å². The smallest absolute Gasteiger partial charge is 0.319 e. The Labute approximate surface area is 161 Å². The summed E-state index contributed by atoms with van der Waals surface area (Å²) in [5.41, 5.74) is 2.77. The van der Waals surface area contributed by atoms with Gasteiger partial charge in [-0.1, -0.05) is 0 Å². The Morgan fingerprint density at radius 2 is 1.93 bits per heavy atom. The lowest BCUT2D eigenvalue weighted by molar-refractivity contribution is 0.000898. The van der Waals surface area contributed by atoms with E-state index in [9.17, 15) is 4.79 Å². The van der Waals surface area contributed by atoms with Gasteiger partial charge < -0.3 is 19.3 Å². The van der Waals surface area contributed by atoms with Crippen LogP contribution in [-0.2, 0) is 6.42 Å². The quantitative estimate of drug-likeness (QED) is 0.703. The number of carbonyl (C=O) groups excluding carboxylic acids is 1. The minimum atomic E-state index is 0.163. The lowest BCUT2D eigenvalue weighted by Gasteiger charge is -2.52. The number of amides is 2. The summed E-state index contributed by atoms with van der Waals surface area (Å²) < 4.78 is 11.6. The second-order valence-corrected chi connectivity index (χ2v) is 8.53. The lowest BCUT2D eigenvalue weighted by atomic mass is 9.76. The Bertz CT molecular complexity index is 750. The summed E-state index contributed by atoms with van der Waals surface area (Å²) in [5, 5.41) is 0. The molecule has 1 aromatic carbocycles. The number of rotatable bonds is 0. The van der Waals surface area contributed by atoms with Crippen LogP contribution in [-0.4, -0.2) is 73.7 Å². The summed E-state index contributed by atoms with van der Waals surface area (Å²) in [4.78, 5) is 19.3. The molecular formula is C21H29N3O3. The Kier molecular flexibility index (Phi) is 4.19. The third-order valence-corrected chi connectivity index (χ3v) is 6.75. The predicted octanol–water partition coefficient (Wildman–Crippen LogP) is 2.52. The highest BCUT2D eigenvalue weighted by atomic mass is 16.6. The van der Waals surface area contributed by atoms with E-state index >= 15 is 0 Å². The third-order valence-electron chi connectivity index (χ3n) is 6.75. The van der Waals surface area contributed by atoms with Crippen LogP contribution in [0.15, 0.2) is 12.1 Å². The number of nitrogens with zero attached hydrogens (tertiary/aromatic N) is 3. The highest BCUT2D eigenvalue weighted by Crippen LogP contribution is 2.46. The van der Waals surface area contributed by atoms with Crippen LogP contribution in [0.2, 0.25) is 0 Å². The number of carbonyl (C=O) groups is 1. The fourth-order valence-electron chi connectivity index (χ4n) is 5.48. The molecule has 4 heterocycles. The van der Waals surface area contributed by atoms with E-state index in [-0.39, 0.29) is 6.03 Å². The van der Waals surface area contributed by atoms with Crippen LogP contribution >= 0.6 is 0 Å². The van der Waals surface area contributed by atoms with Gasteiger partial charge >= 0.3 is 6.03 Å². The first-order valence-electron chi connectivity index (χ1n) is 10.3. The number of urea groups is 1. The van der Waals surface area contributed by atoms with E-state index in [0.717, 1.165) is 50.4 Å². The van der Waals surface area contributed by atoms with Crippen molar-refractivity contribution in [3.05, 3.63) is 23.3 Å². The summed E-state index contributed by atoms with van der Waals surface area (Å²) in [6.07, 6.45) is 4.45. The van der Waals surface area contributed by atoms with Gasteiger partial charge in [-0.15, -0.1) is 0 Å². The number of ether oxygens (including phenoxy) is 2. The van der Waals surface area contributed by atoms with Gasteiger partial charge in [0.2, 0.25) is 0 Å². The molecular weight excluding hydrogens is 342 g/mol. The van der Waals surface area contributed by atoms with Gasteiger partial charge in [0.25, 0.3) is 0 Å². The zero-order chi connectivity index (χ0) is 18.5. The molecule has 3 atom stereocenters. The van der Waals surface area contributed by atoms with Gasteiger partial charge in [-0.05, 0) is 54.9 Å². The maximum absolute atomic E-state index is 12.8. The van der Waals surface area contributed by atoms with Crippen molar-refractivity contribution < 1.29 is 14.3 Å². The molecule has 6 heteroatoms. The van der Waals surface area contributed by atoms with E-state index in [2.05, 4.69) is 21.9 Å². The van der Waals surface area contributed by atoms with Crippen LogP contribution < -0.4 is 9.47 Å². The number of piperidine rings is 2. The SMILES string of the molecule is CN(C)C(=O)N1CCCC2CN3CCc4cc5c(cc4C3CC21)OCCO5. The van der Waals surface area contributed by atoms with Crippen LogP contribution in [0.4, 0.5) is 4.79 Å². The molecule has 0 saturated carbocycles. The minimum Gasteiger partial charge on any atom is -0.486 e. The van der Waals surface area contributed by atoms with Crippen LogP contribution in [0.3, 0.4) is 0 Å². The molecule has 0 aromatic heterocycles. The van der Waals surface area contributed by atoms with E-state index in [1.54, 1.807) is 4.90 Å². The van der Waals surface area contributed by atoms with Crippen molar-refractivity contribution in [2.24, 2.45) is 5.92 Å². The average Bonchev–Trinajstić information content (AvgIpc) is 2.69. The van der Waals surface area contributed by atoms with Crippen LogP contribution in [0, 0.1) is 5.92 Å². The van der Waals surface area contributed by atoms with Crippen molar-refractivity contribution in [1.82, 2.24) is 14.7 Å². The highest BCUT2D eigenvalue weighted by Gasteiger charge is 2.44. The summed E-state index contributed by atoms with van der Waals surface area (Å²) in [6.45, 7) is 4.34. The maximum Gasteiger partial charge on any atom is 0.319 e. The Hall–Kier alpha value is -1.95. The zero-order valence-electron chi connectivity index (χ0n) is 16.3. The van der Waals surface area contributed by atoms with Gasteiger partial charge in [0.05, 0.1) is 0 Å². The van der Waals surface area contributed by atoms with E-state index in [1.165, 1.54) is 17.5 Å². The zero-order valence-corrected chi connectivity index (χ0v) is 16.3. The van der Waals surface area contributed by atoms with Crippen molar-refractivity contribution in [3.63, 3.8) is 0 Å². The summed E-state index contributed by atoms with van der Waals surface area (Å²) in [5.74, 6) is 2.37. The van der Waals surface area contributed by atoms with Gasteiger partial charge in [-0.25, -0.2) is 4.79 Å². The van der Waals surface area contributed by atoms with E-state index in [0.29, 0.717) is 31.2 Å². The average molecular weight is 371 g/mol. The second kappa shape index (κ2) is 6.59. The molecule has 0 bridgehead atoms. The molecule has 3 unspecified atom stereocenters. The number of hydrogen-bond acceptors (Lipinski definition) is 4. The largest absolute Gasteiger partial charge is 0.486 e. The molecule has 2 fully saturated rings. The standard InChI is InChI=1S/C21H29N3O3/c1-22(2)21(25)24-6-3-4-15-13-23-7-5-14-10-19-20(27-9-8-26-19)11-16(14)18(23)12-17(15)24/h10-11,15,17-18H,3-9,12-13H2,1-2H3. The summed E-state index contributed by atoms with van der Waals surface area (Å²) in [7, 11) is 3.72. The summed E-state index contributed by atoms with van der Waals surface area (Å²) >= 11 is 0. The minimum absolute atomic E-state index is 0.163. The first kappa shape index (κ1) is 17.2. The first-order valence-corrected chi connectivity index (χ1v) is 10.3. The van der Waals surface area contributed by atoms with Crippen molar-refractivity contribution in [1.29, 1.82) is 0 Å². The molecule has 0 aliphatic carbocycles. The Morgan fingerprint density at radius 1 is 1.15 bits per heavy atom. The third kappa shape index (κ3) is 2.85. The molecule has 6 nitrogen and oxygen atoms in total. The lowest BCUT2D eigenvalue weighted by Crippen LogP contribution is -2.59. The van der Waals surface area contributed by atoms with E-state index in [1.807, 2.05) is 14.1 Å². The molecule has 0 radical (unpaired) electrons. The van der Waals surface area contributed by atoms with Crippen molar-refractivity contribution in [2.75, 3.05) is 46.9 Å². The number of likely N-dealkylation sites (tertiary alicyclic amines) is 1. The van der Waals surface area contributed by atoms with Crippen molar-refractivity contribution in [3.8, 4) is 11.5 Å². The fourth-order valence-corrected chi connectivity index (χ4v) is 5.48. The molecule has 2 amide bonds. The molecule has 146 valence electrons. The number of fused-ring (bicyclic) bond motifs is 5. The topological polar surface area (TPSA) is 45.3 Å². The van der Waals surface area contributed by atoms with Gasteiger partial charge in [0.15, 0.2) is 11.5 Å². The van der Waals surface area contributed by atoms with Crippen LogP contribution in [0.5, 0.6) is 11.5 Å². The van der Waals surface area contributed by atoms with Crippen LogP contribution in [0.1, 0.15) is 36.4 Å². The molecule has 5 rings (SSSR count). The Morgan fingerprint density at radius 3 is 2.70 bits per heavy atom. The highest BCUT2D eigenvalue weighted by molar-refractivity contribution is 5.74. The predicted molar refractivity (Wildman–Crippen MR) is 102 cm³/mol. The van der Waals surface area contributed by atoms with E-state index in [4.69, 9.17) is 9.47 Å². The van der Waals surface area contributed by atoms with Crippen molar-refractivity contribution >= 4 is 6.03 Å². The van der Waals surface area contributed by atoms with Crippen LogP contribution in [0.25, 0.3) is 0 Å². The molecule has 4 aliphatic rings. The van der Waals surface area contributed by atoms with Gasteiger partial charge in [-0.3, -0.25) is 4.90 Å². The molecule has 0 N–H and O–H groups in total. The van der Waals surface area contributed by atoms with Crippen molar-refractivity contribution in [2.45, 2.75) is 37.8 Å². The molecule has 2 saturated heterocycles. The normalized spacial score (nSPS) is 29.4. The van der Waals surface area contributed by atoms with Gasteiger partial charge in [0.1, 0.15) is 13.2 Å². The van der Waals surface area contributed by atoms with Gasteiger partial charge in [-0.2, -0.15) is 0 Å². The molecule has 1 aromatic rings. The molecule has 27 heavy (non-hydrogen) atoms. The summed E-state index contributed by atoms with van der Waals surface area (Å²) in [6, 6.07) is 5.28. The second-order valence-electron chi connectivity index (χ2n) is 8.53. The molecule has 0 spiro atoms.